The van der Waals surface area contributed by atoms with Crippen LogP contribution in [0.2, 0.25) is 0 Å². The Morgan fingerprint density at radius 1 is 1.40 bits per heavy atom. The SMILES string of the molecule is CCOC(=O)CC(C)N1C(=O)C(=O)c2cccc(F)c21. The lowest BCUT2D eigenvalue weighted by molar-refractivity contribution is -0.143. The third-order valence-corrected chi connectivity index (χ3v) is 3.09. The van der Waals surface area contributed by atoms with E-state index in [4.69, 9.17) is 4.74 Å². The van der Waals surface area contributed by atoms with Gasteiger partial charge in [-0.25, -0.2) is 4.39 Å². The Hall–Kier alpha value is -2.24. The number of anilines is 1. The van der Waals surface area contributed by atoms with E-state index < -0.39 is 29.5 Å². The lowest BCUT2D eigenvalue weighted by Gasteiger charge is -2.24. The quantitative estimate of drug-likeness (QED) is 0.621. The number of halogens is 1. The summed E-state index contributed by atoms with van der Waals surface area (Å²) < 4.78 is 18.7. The van der Waals surface area contributed by atoms with Gasteiger partial charge in [0.1, 0.15) is 5.82 Å². The summed E-state index contributed by atoms with van der Waals surface area (Å²) in [4.78, 5) is 36.2. The van der Waals surface area contributed by atoms with E-state index in [0.717, 1.165) is 4.90 Å². The van der Waals surface area contributed by atoms with E-state index >= 15 is 0 Å². The van der Waals surface area contributed by atoms with Crippen molar-refractivity contribution in [3.8, 4) is 0 Å². The molecule has 0 spiro atoms. The van der Waals surface area contributed by atoms with Gasteiger partial charge < -0.3 is 4.74 Å². The maximum absolute atomic E-state index is 13.9. The molecule has 1 atom stereocenters. The normalized spacial score (nSPS) is 15.2. The predicted octanol–water partition coefficient (Wildman–Crippen LogP) is 1.70. The van der Waals surface area contributed by atoms with Gasteiger partial charge in [0, 0.05) is 6.04 Å². The molecule has 0 bridgehead atoms. The van der Waals surface area contributed by atoms with E-state index in [0.29, 0.717) is 0 Å². The van der Waals surface area contributed by atoms with E-state index in [9.17, 15) is 18.8 Å². The van der Waals surface area contributed by atoms with Gasteiger partial charge in [0.25, 0.3) is 11.7 Å². The van der Waals surface area contributed by atoms with Crippen LogP contribution in [-0.4, -0.2) is 30.3 Å². The number of amides is 1. The van der Waals surface area contributed by atoms with Crippen LogP contribution in [0.5, 0.6) is 0 Å². The number of rotatable bonds is 4. The second-order valence-corrected chi connectivity index (χ2v) is 4.50. The summed E-state index contributed by atoms with van der Waals surface area (Å²) in [7, 11) is 0. The molecule has 0 aliphatic carbocycles. The Morgan fingerprint density at radius 2 is 2.10 bits per heavy atom. The molecular formula is C14H14FNO4. The summed E-state index contributed by atoms with van der Waals surface area (Å²) >= 11 is 0. The molecule has 0 fully saturated rings. The van der Waals surface area contributed by atoms with E-state index in [-0.39, 0.29) is 24.3 Å². The molecule has 0 aromatic heterocycles. The summed E-state index contributed by atoms with van der Waals surface area (Å²) in [5.41, 5.74) is -0.0231. The van der Waals surface area contributed by atoms with Crippen molar-refractivity contribution in [2.75, 3.05) is 11.5 Å². The summed E-state index contributed by atoms with van der Waals surface area (Å²) in [5.74, 6) is -2.72. The number of ether oxygens (including phenoxy) is 1. The Morgan fingerprint density at radius 3 is 2.75 bits per heavy atom. The molecule has 2 rings (SSSR count). The van der Waals surface area contributed by atoms with Crippen molar-refractivity contribution in [3.05, 3.63) is 29.6 Å². The number of fused-ring (bicyclic) bond motifs is 1. The second-order valence-electron chi connectivity index (χ2n) is 4.50. The van der Waals surface area contributed by atoms with Gasteiger partial charge in [-0.05, 0) is 26.0 Å². The predicted molar refractivity (Wildman–Crippen MR) is 68.9 cm³/mol. The largest absolute Gasteiger partial charge is 0.466 e. The number of ketones is 1. The van der Waals surface area contributed by atoms with Crippen LogP contribution in [0.25, 0.3) is 0 Å². The van der Waals surface area contributed by atoms with Gasteiger partial charge in [0.15, 0.2) is 0 Å². The minimum atomic E-state index is -0.818. The van der Waals surface area contributed by atoms with Gasteiger partial charge in [0.05, 0.1) is 24.3 Å². The lowest BCUT2D eigenvalue weighted by Crippen LogP contribution is -2.39. The van der Waals surface area contributed by atoms with E-state index in [1.807, 2.05) is 0 Å². The zero-order valence-corrected chi connectivity index (χ0v) is 11.2. The lowest BCUT2D eigenvalue weighted by atomic mass is 10.1. The van der Waals surface area contributed by atoms with Crippen LogP contribution in [0, 0.1) is 5.82 Å². The Kier molecular flexibility index (Phi) is 3.83. The third kappa shape index (κ3) is 2.29. The van der Waals surface area contributed by atoms with Gasteiger partial charge in [0.2, 0.25) is 0 Å². The molecule has 0 saturated heterocycles. The zero-order chi connectivity index (χ0) is 14.9. The van der Waals surface area contributed by atoms with Crippen LogP contribution in [0.15, 0.2) is 18.2 Å². The molecule has 0 N–H and O–H groups in total. The minimum absolute atomic E-state index is 0.0331. The fourth-order valence-electron chi connectivity index (χ4n) is 2.24. The molecule has 1 aliphatic heterocycles. The van der Waals surface area contributed by atoms with Crippen LogP contribution in [0.4, 0.5) is 10.1 Å². The van der Waals surface area contributed by atoms with Crippen LogP contribution in [-0.2, 0) is 14.3 Å². The molecule has 1 aromatic rings. The van der Waals surface area contributed by atoms with Gasteiger partial charge in [-0.15, -0.1) is 0 Å². The molecule has 1 aromatic carbocycles. The molecule has 5 nitrogen and oxygen atoms in total. The number of hydrogen-bond acceptors (Lipinski definition) is 4. The summed E-state index contributed by atoms with van der Waals surface area (Å²) in [6.45, 7) is 3.47. The van der Waals surface area contributed by atoms with E-state index in [2.05, 4.69) is 0 Å². The maximum Gasteiger partial charge on any atom is 0.307 e. The first-order valence-corrected chi connectivity index (χ1v) is 6.29. The van der Waals surface area contributed by atoms with Crippen molar-refractivity contribution in [3.63, 3.8) is 0 Å². The smallest absolute Gasteiger partial charge is 0.307 e. The number of nitrogens with zero attached hydrogens (tertiary/aromatic N) is 1. The summed E-state index contributed by atoms with van der Waals surface area (Å²) in [6.07, 6.45) is -0.0966. The zero-order valence-electron chi connectivity index (χ0n) is 11.2. The third-order valence-electron chi connectivity index (χ3n) is 3.09. The molecule has 20 heavy (non-hydrogen) atoms. The number of Topliss-reactive ketones (excluding diaryl/α,β-unsaturated/α-hetero) is 1. The molecular weight excluding hydrogens is 265 g/mol. The fraction of sp³-hybridized carbons (Fsp3) is 0.357. The molecule has 1 aliphatic rings. The van der Waals surface area contributed by atoms with E-state index in [1.54, 1.807) is 13.8 Å². The average Bonchev–Trinajstić information content (AvgIpc) is 2.64. The highest BCUT2D eigenvalue weighted by Gasteiger charge is 2.40. The summed E-state index contributed by atoms with van der Waals surface area (Å²) in [5, 5.41) is 0. The summed E-state index contributed by atoms with van der Waals surface area (Å²) in [6, 6.07) is 3.30. The van der Waals surface area contributed by atoms with Crippen molar-refractivity contribution in [1.82, 2.24) is 0 Å². The van der Waals surface area contributed by atoms with Crippen molar-refractivity contribution in [2.24, 2.45) is 0 Å². The van der Waals surface area contributed by atoms with Gasteiger partial charge in [-0.2, -0.15) is 0 Å². The average molecular weight is 279 g/mol. The van der Waals surface area contributed by atoms with Gasteiger partial charge in [-0.3, -0.25) is 19.3 Å². The van der Waals surface area contributed by atoms with Crippen LogP contribution in [0.1, 0.15) is 30.6 Å². The topological polar surface area (TPSA) is 63.7 Å². The molecule has 0 saturated carbocycles. The highest BCUT2D eigenvalue weighted by Crippen LogP contribution is 2.33. The first-order valence-electron chi connectivity index (χ1n) is 6.29. The van der Waals surface area contributed by atoms with Crippen LogP contribution < -0.4 is 4.90 Å². The van der Waals surface area contributed by atoms with Crippen molar-refractivity contribution in [2.45, 2.75) is 26.3 Å². The Labute approximate surface area is 115 Å². The highest BCUT2D eigenvalue weighted by atomic mass is 19.1. The standard InChI is InChI=1S/C14H14FNO4/c1-3-20-11(17)7-8(2)16-12-9(13(18)14(16)19)5-4-6-10(12)15/h4-6,8H,3,7H2,1-2H3. The monoisotopic (exact) mass is 279 g/mol. The van der Waals surface area contributed by atoms with Crippen LogP contribution in [0.3, 0.4) is 0 Å². The first-order chi connectivity index (χ1) is 9.47. The van der Waals surface area contributed by atoms with Gasteiger partial charge >= 0.3 is 5.97 Å². The van der Waals surface area contributed by atoms with Gasteiger partial charge in [-0.1, -0.05) is 6.07 Å². The molecule has 6 heteroatoms. The van der Waals surface area contributed by atoms with Crippen molar-refractivity contribution in [1.29, 1.82) is 0 Å². The van der Waals surface area contributed by atoms with Crippen molar-refractivity contribution >= 4 is 23.3 Å². The number of carbonyl (C=O) groups excluding carboxylic acids is 3. The minimum Gasteiger partial charge on any atom is -0.466 e. The Bertz CT molecular complexity index is 585. The highest BCUT2D eigenvalue weighted by molar-refractivity contribution is 6.52. The number of esters is 1. The Balaban J connectivity index is 2.32. The second kappa shape index (κ2) is 5.40. The molecule has 1 amide bonds. The number of benzene rings is 1. The van der Waals surface area contributed by atoms with Crippen molar-refractivity contribution < 1.29 is 23.5 Å². The molecule has 1 heterocycles. The molecule has 0 radical (unpaired) electrons. The van der Waals surface area contributed by atoms with E-state index in [1.165, 1.54) is 18.2 Å². The number of hydrogen-bond donors (Lipinski definition) is 0. The number of para-hydroxylation sites is 1. The fourth-order valence-corrected chi connectivity index (χ4v) is 2.24. The first kappa shape index (κ1) is 14.2. The van der Waals surface area contributed by atoms with Crippen LogP contribution >= 0.6 is 0 Å². The number of carbonyl (C=O) groups is 3. The molecule has 106 valence electrons. The maximum atomic E-state index is 13.9. The molecule has 1 unspecified atom stereocenters.